The number of amides is 1. The molecule has 0 aliphatic carbocycles. The lowest BCUT2D eigenvalue weighted by atomic mass is 9.82. The van der Waals surface area contributed by atoms with Crippen molar-refractivity contribution in [2.75, 3.05) is 43.8 Å². The van der Waals surface area contributed by atoms with Crippen molar-refractivity contribution in [3.63, 3.8) is 0 Å². The lowest BCUT2D eigenvalue weighted by Gasteiger charge is -2.27. The maximum Gasteiger partial charge on any atom is 0.309 e. The summed E-state index contributed by atoms with van der Waals surface area (Å²) in [5.74, 6) is -1.44. The maximum absolute atomic E-state index is 15.0. The molecule has 2 aliphatic rings. The summed E-state index contributed by atoms with van der Waals surface area (Å²) in [6.07, 6.45) is 4.50. The second-order valence-corrected chi connectivity index (χ2v) is 12.0. The molecular weight excluding hydrogens is 583 g/mol. The minimum Gasteiger partial charge on any atom is -0.494 e. The molecule has 1 saturated heterocycles. The number of rotatable bonds is 13. The number of hydrogen-bond acceptors (Lipinski definition) is 7. The van der Waals surface area contributed by atoms with Crippen LogP contribution in [0, 0.1) is 11.7 Å². The number of benzene rings is 3. The summed E-state index contributed by atoms with van der Waals surface area (Å²) in [5.41, 5.74) is 4.13. The van der Waals surface area contributed by atoms with Gasteiger partial charge in [-0.05, 0) is 77.8 Å². The number of nitrogens with one attached hydrogen (secondary N) is 1. The smallest absolute Gasteiger partial charge is 0.309 e. The lowest BCUT2D eigenvalue weighted by molar-refractivity contribution is -0.143. The van der Waals surface area contributed by atoms with Crippen molar-refractivity contribution in [3.05, 3.63) is 82.7 Å². The van der Waals surface area contributed by atoms with Gasteiger partial charge in [0.05, 0.1) is 19.1 Å². The van der Waals surface area contributed by atoms with E-state index in [0.29, 0.717) is 17.9 Å². The summed E-state index contributed by atoms with van der Waals surface area (Å²) in [6.45, 7) is 4.78. The van der Waals surface area contributed by atoms with E-state index in [0.717, 1.165) is 47.4 Å². The standard InChI is InChI=1S/C34H39FN2O6S/c1-4-21-8-6-9-22(5-2)31(21)36-29(38)19-37-18-26(24-16-27(35)33-28(17-24)42-20-43-33)30(34(39)40)32(37)23-10-12-25(13-11-23)41-14-7-15-44-3/h6,8-13,16-17,26,30,32H,4-5,7,14-15,18-20H2,1-3H3,(H,36,38)(H,39,40)/t26-,30?,32+/m1/s1. The molecule has 2 aliphatic heterocycles. The van der Waals surface area contributed by atoms with E-state index in [1.807, 2.05) is 61.2 Å². The van der Waals surface area contributed by atoms with Crippen LogP contribution in [0.2, 0.25) is 0 Å². The average Bonchev–Trinajstić information content (AvgIpc) is 3.65. The number of halogens is 1. The van der Waals surface area contributed by atoms with Gasteiger partial charge in [-0.1, -0.05) is 44.2 Å². The number of fused-ring (bicyclic) bond motifs is 1. The van der Waals surface area contributed by atoms with Gasteiger partial charge in [0.15, 0.2) is 11.6 Å². The van der Waals surface area contributed by atoms with Crippen molar-refractivity contribution in [2.24, 2.45) is 5.92 Å². The molecule has 0 spiro atoms. The first-order chi connectivity index (χ1) is 21.3. The molecule has 1 unspecified atom stereocenters. The van der Waals surface area contributed by atoms with E-state index in [1.165, 1.54) is 6.07 Å². The van der Waals surface area contributed by atoms with Gasteiger partial charge in [0, 0.05) is 24.2 Å². The molecule has 3 aromatic rings. The Labute approximate surface area is 261 Å². The van der Waals surface area contributed by atoms with Crippen LogP contribution in [0.15, 0.2) is 54.6 Å². The van der Waals surface area contributed by atoms with Crippen molar-refractivity contribution >= 4 is 29.3 Å². The molecule has 0 bridgehead atoms. The third kappa shape index (κ3) is 6.81. The second kappa shape index (κ2) is 14.3. The molecule has 0 aromatic heterocycles. The van der Waals surface area contributed by atoms with Crippen molar-refractivity contribution in [2.45, 2.75) is 45.1 Å². The predicted octanol–water partition coefficient (Wildman–Crippen LogP) is 6.29. The molecule has 3 atom stereocenters. The van der Waals surface area contributed by atoms with Gasteiger partial charge in [0.2, 0.25) is 18.4 Å². The van der Waals surface area contributed by atoms with E-state index in [4.69, 9.17) is 14.2 Å². The Balaban J connectivity index is 1.46. The number of likely N-dealkylation sites (tertiary alicyclic amines) is 1. The van der Waals surface area contributed by atoms with Gasteiger partial charge in [0.25, 0.3) is 0 Å². The third-order valence-electron chi connectivity index (χ3n) is 8.35. The molecule has 44 heavy (non-hydrogen) atoms. The number of carboxylic acids is 1. The number of hydrogen-bond donors (Lipinski definition) is 2. The normalized spacial score (nSPS) is 19.2. The topological polar surface area (TPSA) is 97.3 Å². The van der Waals surface area contributed by atoms with Crippen LogP contribution < -0.4 is 19.5 Å². The van der Waals surface area contributed by atoms with Crippen molar-refractivity contribution < 1.29 is 33.3 Å². The van der Waals surface area contributed by atoms with E-state index in [9.17, 15) is 19.1 Å². The highest BCUT2D eigenvalue weighted by Gasteiger charge is 2.48. The molecule has 1 amide bonds. The number of anilines is 1. The maximum atomic E-state index is 15.0. The van der Waals surface area contributed by atoms with Crippen LogP contribution in [0.4, 0.5) is 10.1 Å². The van der Waals surface area contributed by atoms with Crippen LogP contribution >= 0.6 is 11.8 Å². The van der Waals surface area contributed by atoms with Gasteiger partial charge in [0.1, 0.15) is 5.75 Å². The van der Waals surface area contributed by atoms with Crippen LogP contribution in [0.3, 0.4) is 0 Å². The van der Waals surface area contributed by atoms with Crippen LogP contribution in [0.1, 0.15) is 54.5 Å². The minimum absolute atomic E-state index is 0.0286. The molecule has 234 valence electrons. The molecule has 10 heteroatoms. The number of para-hydroxylation sites is 1. The molecular formula is C34H39FN2O6S. The summed E-state index contributed by atoms with van der Waals surface area (Å²) in [5, 5.41) is 13.7. The summed E-state index contributed by atoms with van der Waals surface area (Å²) in [6, 6.07) is 15.7. The van der Waals surface area contributed by atoms with Crippen LogP contribution in [-0.4, -0.2) is 60.4 Å². The zero-order valence-corrected chi connectivity index (χ0v) is 26.1. The molecule has 1 fully saturated rings. The average molecular weight is 623 g/mol. The Morgan fingerprint density at radius 2 is 1.80 bits per heavy atom. The summed E-state index contributed by atoms with van der Waals surface area (Å²) >= 11 is 1.76. The van der Waals surface area contributed by atoms with Gasteiger partial charge in [-0.25, -0.2) is 4.39 Å². The highest BCUT2D eigenvalue weighted by atomic mass is 32.2. The van der Waals surface area contributed by atoms with Crippen molar-refractivity contribution in [3.8, 4) is 17.2 Å². The molecule has 2 N–H and O–H groups in total. The van der Waals surface area contributed by atoms with Gasteiger partial charge < -0.3 is 24.6 Å². The largest absolute Gasteiger partial charge is 0.494 e. The van der Waals surface area contributed by atoms with Gasteiger partial charge >= 0.3 is 5.97 Å². The minimum atomic E-state index is -1.03. The monoisotopic (exact) mass is 622 g/mol. The SMILES string of the molecule is CCc1cccc(CC)c1NC(=O)CN1C[C@H](c2cc(F)c3c(c2)OCO3)C(C(=O)O)[C@@H]1c1ccc(OCCCSC)cc1. The summed E-state index contributed by atoms with van der Waals surface area (Å²) in [4.78, 5) is 28.4. The first-order valence-electron chi connectivity index (χ1n) is 15.0. The zero-order valence-electron chi connectivity index (χ0n) is 25.3. The second-order valence-electron chi connectivity index (χ2n) is 11.1. The van der Waals surface area contributed by atoms with Crippen LogP contribution in [0.25, 0.3) is 0 Å². The van der Waals surface area contributed by atoms with Crippen LogP contribution in [0.5, 0.6) is 17.2 Å². The zero-order chi connectivity index (χ0) is 31.2. The number of nitrogens with zero attached hydrogens (tertiary/aromatic N) is 1. The fourth-order valence-electron chi connectivity index (χ4n) is 6.25. The van der Waals surface area contributed by atoms with E-state index >= 15 is 0 Å². The Hall–Kier alpha value is -3.76. The number of carbonyl (C=O) groups excluding carboxylic acids is 1. The molecule has 0 radical (unpaired) electrons. The van der Waals surface area contributed by atoms with Gasteiger partial charge in [-0.3, -0.25) is 14.5 Å². The Morgan fingerprint density at radius 3 is 2.45 bits per heavy atom. The lowest BCUT2D eigenvalue weighted by Crippen LogP contribution is -2.35. The molecule has 3 aromatic carbocycles. The fourth-order valence-corrected chi connectivity index (χ4v) is 6.66. The third-order valence-corrected chi connectivity index (χ3v) is 9.05. The summed E-state index contributed by atoms with van der Waals surface area (Å²) < 4.78 is 31.6. The number of carboxylic acid groups (broad SMARTS) is 1. The molecule has 0 saturated carbocycles. The van der Waals surface area contributed by atoms with E-state index < -0.39 is 29.7 Å². The van der Waals surface area contributed by atoms with Gasteiger partial charge in [-0.2, -0.15) is 11.8 Å². The van der Waals surface area contributed by atoms with Crippen LogP contribution in [-0.2, 0) is 22.4 Å². The van der Waals surface area contributed by atoms with E-state index in [2.05, 4.69) is 11.6 Å². The van der Waals surface area contributed by atoms with Crippen molar-refractivity contribution in [1.82, 2.24) is 4.90 Å². The molecule has 8 nitrogen and oxygen atoms in total. The molecule has 5 rings (SSSR count). The number of carbonyl (C=O) groups is 2. The van der Waals surface area contributed by atoms with Gasteiger partial charge in [-0.15, -0.1) is 0 Å². The first kappa shape index (κ1) is 31.7. The highest BCUT2D eigenvalue weighted by Crippen LogP contribution is 2.48. The number of aryl methyl sites for hydroxylation is 2. The fraction of sp³-hybridized carbons (Fsp3) is 0.412. The summed E-state index contributed by atoms with van der Waals surface area (Å²) in [7, 11) is 0. The Morgan fingerprint density at radius 1 is 1.07 bits per heavy atom. The Kier molecular flexibility index (Phi) is 10.3. The first-order valence-corrected chi connectivity index (χ1v) is 16.4. The van der Waals surface area contributed by atoms with E-state index in [-0.39, 0.29) is 37.3 Å². The molecule has 2 heterocycles. The predicted molar refractivity (Wildman–Crippen MR) is 169 cm³/mol. The highest BCUT2D eigenvalue weighted by molar-refractivity contribution is 7.98. The number of thioether (sulfide) groups is 1. The quantitative estimate of drug-likeness (QED) is 0.215. The van der Waals surface area contributed by atoms with E-state index in [1.54, 1.807) is 17.8 Å². The van der Waals surface area contributed by atoms with Crippen molar-refractivity contribution in [1.29, 1.82) is 0 Å². The number of ether oxygens (including phenoxy) is 3. The Bertz CT molecular complexity index is 1460. The number of aliphatic carboxylic acids is 1.